The van der Waals surface area contributed by atoms with E-state index in [1.165, 1.54) is 42.9 Å². The van der Waals surface area contributed by atoms with Crippen LogP contribution >= 0.6 is 0 Å². The van der Waals surface area contributed by atoms with Crippen molar-refractivity contribution < 1.29 is 31.5 Å². The van der Waals surface area contributed by atoms with Crippen molar-refractivity contribution in [3.63, 3.8) is 0 Å². The van der Waals surface area contributed by atoms with E-state index in [-0.39, 0.29) is 17.0 Å². The molecule has 0 spiro atoms. The van der Waals surface area contributed by atoms with Crippen LogP contribution in [-0.4, -0.2) is 60.6 Å². The lowest BCUT2D eigenvalue weighted by Gasteiger charge is -2.20. The van der Waals surface area contributed by atoms with Gasteiger partial charge in [0.2, 0.25) is 0 Å². The number of carbonyl (C=O) groups is 2. The van der Waals surface area contributed by atoms with E-state index in [0.29, 0.717) is 4.90 Å². The first kappa shape index (κ1) is 23.6. The van der Waals surface area contributed by atoms with E-state index in [9.17, 15) is 26.8 Å². The maximum absolute atomic E-state index is 12.7. The molecule has 2 rings (SSSR count). The van der Waals surface area contributed by atoms with Gasteiger partial charge in [0, 0.05) is 25.0 Å². The third kappa shape index (κ3) is 6.96. The standard InChI is InChI=1S/C18H17F2N5O5S/c1-25(11-21)17(27)14(24-16(26)13-8-22-6-7-23-13)10-31(28,29)9-12-4-2-3-5-15(12)30-18(19)20/h2-8,14,18H,9-10H2,1H3,(H,24,26)/t14-/m0/s1. The third-order valence-electron chi connectivity index (χ3n) is 3.86. The zero-order valence-electron chi connectivity index (χ0n) is 16.1. The van der Waals surface area contributed by atoms with Gasteiger partial charge in [-0.2, -0.15) is 14.0 Å². The Balaban J connectivity index is 2.26. The normalized spacial score (nSPS) is 12.0. The molecule has 164 valence electrons. The number of carbonyl (C=O) groups excluding carboxylic acids is 2. The predicted octanol–water partition coefficient (Wildman–Crippen LogP) is 0.731. The molecular formula is C18H17F2N5O5S. The largest absolute Gasteiger partial charge is 0.435 e. The molecule has 0 saturated heterocycles. The quantitative estimate of drug-likeness (QED) is 0.433. The Labute approximate surface area is 176 Å². The van der Waals surface area contributed by atoms with Gasteiger partial charge in [0.05, 0.1) is 17.7 Å². The van der Waals surface area contributed by atoms with Crippen LogP contribution < -0.4 is 10.1 Å². The maximum atomic E-state index is 12.7. The fraction of sp³-hybridized carbons (Fsp3) is 0.278. The number of nitrogens with zero attached hydrogens (tertiary/aromatic N) is 4. The minimum Gasteiger partial charge on any atom is -0.435 e. The number of hydrogen-bond donors (Lipinski definition) is 1. The number of ether oxygens (including phenoxy) is 1. The monoisotopic (exact) mass is 453 g/mol. The molecule has 2 aromatic rings. The average Bonchev–Trinajstić information content (AvgIpc) is 2.73. The molecule has 13 heteroatoms. The van der Waals surface area contributed by atoms with Crippen LogP contribution in [0.15, 0.2) is 42.9 Å². The van der Waals surface area contributed by atoms with Crippen molar-refractivity contribution in [2.24, 2.45) is 0 Å². The van der Waals surface area contributed by atoms with Crippen LogP contribution in [0.2, 0.25) is 0 Å². The van der Waals surface area contributed by atoms with Gasteiger partial charge >= 0.3 is 6.61 Å². The Kier molecular flexibility index (Phi) is 7.92. The molecule has 1 aromatic heterocycles. The molecule has 10 nitrogen and oxygen atoms in total. The van der Waals surface area contributed by atoms with E-state index in [0.717, 1.165) is 13.2 Å². The molecule has 0 radical (unpaired) electrons. The molecular weight excluding hydrogens is 436 g/mol. The molecule has 0 aliphatic rings. The summed E-state index contributed by atoms with van der Waals surface area (Å²) in [6.07, 6.45) is 5.18. The van der Waals surface area contributed by atoms with E-state index in [4.69, 9.17) is 5.26 Å². The van der Waals surface area contributed by atoms with Gasteiger partial charge in [-0.05, 0) is 6.07 Å². The zero-order valence-corrected chi connectivity index (χ0v) is 16.9. The van der Waals surface area contributed by atoms with Crippen LogP contribution in [0, 0.1) is 11.5 Å². The fourth-order valence-corrected chi connectivity index (χ4v) is 4.05. The van der Waals surface area contributed by atoms with E-state index in [1.807, 2.05) is 0 Å². The van der Waals surface area contributed by atoms with Gasteiger partial charge < -0.3 is 10.1 Å². The third-order valence-corrected chi connectivity index (χ3v) is 5.46. The summed E-state index contributed by atoms with van der Waals surface area (Å²) in [4.78, 5) is 32.8. The first-order valence-electron chi connectivity index (χ1n) is 8.60. The van der Waals surface area contributed by atoms with Gasteiger partial charge in [0.1, 0.15) is 17.5 Å². The summed E-state index contributed by atoms with van der Waals surface area (Å²) >= 11 is 0. The highest BCUT2D eigenvalue weighted by Crippen LogP contribution is 2.23. The minimum absolute atomic E-state index is 0.0529. The van der Waals surface area contributed by atoms with Crippen molar-refractivity contribution in [2.75, 3.05) is 12.8 Å². The van der Waals surface area contributed by atoms with E-state index < -0.39 is 45.8 Å². The summed E-state index contributed by atoms with van der Waals surface area (Å²) in [7, 11) is -3.04. The van der Waals surface area contributed by atoms with Crippen molar-refractivity contribution in [3.8, 4) is 11.9 Å². The summed E-state index contributed by atoms with van der Waals surface area (Å²) in [5.74, 6) is -3.83. The lowest BCUT2D eigenvalue weighted by molar-refractivity contribution is -0.128. The number of alkyl halides is 2. The Morgan fingerprint density at radius 3 is 2.61 bits per heavy atom. The number of hydrogen-bond acceptors (Lipinski definition) is 8. The highest BCUT2D eigenvalue weighted by molar-refractivity contribution is 7.90. The summed E-state index contributed by atoms with van der Waals surface area (Å²) in [6, 6.07) is 3.66. The predicted molar refractivity (Wildman–Crippen MR) is 102 cm³/mol. The summed E-state index contributed by atoms with van der Waals surface area (Å²) < 4.78 is 54.9. The second-order valence-corrected chi connectivity index (χ2v) is 8.26. The SMILES string of the molecule is CN(C#N)C(=O)[C@H](CS(=O)(=O)Cc1ccccc1OC(F)F)NC(=O)c1cnccn1. The summed E-state index contributed by atoms with van der Waals surface area (Å²) in [5, 5.41) is 11.2. The Bertz CT molecular complexity index is 1080. The van der Waals surface area contributed by atoms with Gasteiger partial charge in [0.15, 0.2) is 16.0 Å². The van der Waals surface area contributed by atoms with Crippen LogP contribution in [0.25, 0.3) is 0 Å². The molecule has 31 heavy (non-hydrogen) atoms. The van der Waals surface area contributed by atoms with Crippen molar-refractivity contribution in [1.82, 2.24) is 20.2 Å². The Morgan fingerprint density at radius 1 is 1.29 bits per heavy atom. The molecule has 0 saturated carbocycles. The van der Waals surface area contributed by atoms with E-state index in [1.54, 1.807) is 0 Å². The van der Waals surface area contributed by atoms with Gasteiger partial charge in [-0.15, -0.1) is 0 Å². The molecule has 0 aliphatic heterocycles. The molecule has 1 aromatic carbocycles. The number of amides is 2. The smallest absolute Gasteiger partial charge is 0.387 e. The first-order valence-corrected chi connectivity index (χ1v) is 10.4. The van der Waals surface area contributed by atoms with Crippen molar-refractivity contribution in [2.45, 2.75) is 18.4 Å². The number of benzene rings is 1. The number of rotatable bonds is 9. The average molecular weight is 453 g/mol. The van der Waals surface area contributed by atoms with Crippen LogP contribution in [0.5, 0.6) is 5.75 Å². The highest BCUT2D eigenvalue weighted by Gasteiger charge is 2.31. The first-order chi connectivity index (χ1) is 14.6. The van der Waals surface area contributed by atoms with Crippen molar-refractivity contribution in [1.29, 1.82) is 5.26 Å². The maximum Gasteiger partial charge on any atom is 0.387 e. The summed E-state index contributed by atoms with van der Waals surface area (Å²) in [6.45, 7) is -3.16. The van der Waals surface area contributed by atoms with Crippen LogP contribution in [0.1, 0.15) is 16.1 Å². The van der Waals surface area contributed by atoms with Gasteiger partial charge in [-0.25, -0.2) is 13.4 Å². The van der Waals surface area contributed by atoms with E-state index >= 15 is 0 Å². The highest BCUT2D eigenvalue weighted by atomic mass is 32.2. The summed E-state index contributed by atoms with van der Waals surface area (Å²) in [5.41, 5.74) is -0.226. The van der Waals surface area contributed by atoms with Crippen LogP contribution in [0.4, 0.5) is 8.78 Å². The number of para-hydroxylation sites is 1. The Morgan fingerprint density at radius 2 is 2.00 bits per heavy atom. The number of halogens is 2. The molecule has 1 atom stereocenters. The number of nitrogens with one attached hydrogen (secondary N) is 1. The van der Waals surface area contributed by atoms with Crippen LogP contribution in [0.3, 0.4) is 0 Å². The lowest BCUT2D eigenvalue weighted by atomic mass is 10.2. The van der Waals surface area contributed by atoms with Gasteiger partial charge in [-0.3, -0.25) is 19.5 Å². The molecule has 0 bridgehead atoms. The second kappa shape index (κ2) is 10.4. The number of nitriles is 1. The second-order valence-electron chi connectivity index (χ2n) is 6.15. The fourth-order valence-electron chi connectivity index (χ4n) is 2.49. The Hall–Kier alpha value is -3.66. The molecule has 0 aliphatic carbocycles. The van der Waals surface area contributed by atoms with Gasteiger partial charge in [0.25, 0.3) is 11.8 Å². The van der Waals surface area contributed by atoms with Gasteiger partial charge in [-0.1, -0.05) is 18.2 Å². The molecule has 0 unspecified atom stereocenters. The van der Waals surface area contributed by atoms with Crippen molar-refractivity contribution >= 4 is 21.7 Å². The zero-order chi connectivity index (χ0) is 23.0. The molecule has 1 heterocycles. The topological polar surface area (TPSA) is 142 Å². The van der Waals surface area contributed by atoms with Crippen molar-refractivity contribution in [3.05, 3.63) is 54.1 Å². The molecule has 1 N–H and O–H groups in total. The number of aromatic nitrogens is 2. The lowest BCUT2D eigenvalue weighted by Crippen LogP contribution is -2.50. The molecule has 0 fully saturated rings. The van der Waals surface area contributed by atoms with Crippen LogP contribution in [-0.2, 0) is 20.4 Å². The number of likely N-dealkylation sites (N-methyl/N-ethyl adjacent to an activating group) is 1. The molecule has 2 amide bonds. The minimum atomic E-state index is -4.14. The number of sulfone groups is 1. The van der Waals surface area contributed by atoms with E-state index in [2.05, 4.69) is 20.0 Å².